The molecule has 0 radical (unpaired) electrons. The van der Waals surface area contributed by atoms with Gasteiger partial charge in [-0.1, -0.05) is 12.5 Å². The van der Waals surface area contributed by atoms with E-state index in [0.717, 1.165) is 0 Å². The fourth-order valence-corrected chi connectivity index (χ4v) is 6.88. The van der Waals surface area contributed by atoms with E-state index in [1.807, 2.05) is 0 Å². The molecule has 69 heavy (non-hydrogen) atoms. The van der Waals surface area contributed by atoms with Crippen molar-refractivity contribution in [2.24, 2.45) is 34.4 Å². The summed E-state index contributed by atoms with van der Waals surface area (Å²) >= 11 is 0. The van der Waals surface area contributed by atoms with Crippen molar-refractivity contribution in [1.29, 1.82) is 5.41 Å². The minimum absolute atomic E-state index is 0.0512. The average Bonchev–Trinajstić information content (AvgIpc) is 3.81. The number of likely N-dealkylation sites (tertiary alicyclic amines) is 1. The maximum atomic E-state index is 14.0. The molecule has 1 heterocycles. The molecule has 0 aromatic carbocycles. The lowest BCUT2D eigenvalue weighted by molar-refractivity contribution is -0.142. The van der Waals surface area contributed by atoms with Crippen LogP contribution >= 0.6 is 0 Å². The average molecular weight is 985 g/mol. The zero-order valence-corrected chi connectivity index (χ0v) is 39.5. The number of hydrogen-bond donors (Lipinski definition) is 17. The van der Waals surface area contributed by atoms with E-state index in [-0.39, 0.29) is 77.3 Å². The number of carbonyl (C=O) groups is 9. The Morgan fingerprint density at radius 3 is 2.00 bits per heavy atom. The first kappa shape index (κ1) is 61.0. The molecule has 1 fully saturated rings. The largest absolute Gasteiger partial charge is 0.477 e. The second-order valence-electron chi connectivity index (χ2n) is 16.3. The van der Waals surface area contributed by atoms with Crippen LogP contribution in [-0.4, -0.2) is 182 Å². The highest BCUT2D eigenvalue weighted by molar-refractivity contribution is 5.99. The van der Waals surface area contributed by atoms with Crippen LogP contribution in [0.25, 0.3) is 0 Å². The number of aliphatic hydroxyl groups is 1. The van der Waals surface area contributed by atoms with Crippen LogP contribution in [0.5, 0.6) is 0 Å². The topological polar surface area (TPSA) is 483 Å². The molecule has 1 aliphatic heterocycles. The van der Waals surface area contributed by atoms with Gasteiger partial charge in [0.25, 0.3) is 0 Å². The van der Waals surface area contributed by atoms with E-state index in [2.05, 4.69) is 42.5 Å². The molecular weight excluding hydrogens is 909 g/mol. The smallest absolute Gasteiger partial charge is 0.352 e. The number of ether oxygens (including phenoxy) is 1. The Hall–Kier alpha value is -6.04. The number of aliphatic carboxylic acids is 1. The number of methoxy groups -OCH3 is 1. The van der Waals surface area contributed by atoms with Crippen molar-refractivity contribution >= 4 is 59.2 Å². The SMILES string of the molecule is COC[C@H](NC(=O)[C@@H]1CCCN1C(=O)[C@@H](CCCN)NC(=O)CNC(=O)[C@H](C)NC(=O)[C@@H](NC(=O)[C@@H](N)CCCCN)[C@@H](O)CN)C(=O)N[C@@H](CCCCN)C(=O)N/C(=C\CCNC(=N)N)C(=O)O. The Kier molecular flexibility index (Phi) is 29.6. The van der Waals surface area contributed by atoms with Gasteiger partial charge >= 0.3 is 5.97 Å². The molecule has 28 heteroatoms. The summed E-state index contributed by atoms with van der Waals surface area (Å²) in [5, 5.41) is 46.8. The van der Waals surface area contributed by atoms with Crippen molar-refractivity contribution in [2.75, 3.05) is 59.5 Å². The maximum absolute atomic E-state index is 14.0. The van der Waals surface area contributed by atoms with Crippen molar-refractivity contribution in [3.05, 3.63) is 11.8 Å². The van der Waals surface area contributed by atoms with Crippen LogP contribution in [0.1, 0.15) is 77.6 Å². The predicted octanol–water partition coefficient (Wildman–Crippen LogP) is -7.21. The fourth-order valence-electron chi connectivity index (χ4n) is 6.88. The number of carboxylic acids is 1. The quantitative estimate of drug-likeness (QED) is 0.0123. The summed E-state index contributed by atoms with van der Waals surface area (Å²) in [4.78, 5) is 120. The first-order chi connectivity index (χ1) is 32.8. The molecule has 8 amide bonds. The van der Waals surface area contributed by atoms with Gasteiger partial charge in [0, 0.05) is 26.7 Å². The molecule has 0 saturated carbocycles. The lowest BCUT2D eigenvalue weighted by Crippen LogP contribution is -2.60. The Morgan fingerprint density at radius 1 is 0.768 bits per heavy atom. The molecule has 0 aromatic rings. The lowest BCUT2D eigenvalue weighted by Gasteiger charge is -2.30. The van der Waals surface area contributed by atoms with Crippen LogP contribution < -0.4 is 76.9 Å². The van der Waals surface area contributed by atoms with Crippen molar-refractivity contribution < 1.29 is 58.1 Å². The highest BCUT2D eigenvalue weighted by Crippen LogP contribution is 2.20. The minimum Gasteiger partial charge on any atom is -0.477 e. The molecule has 0 aliphatic carbocycles. The second-order valence-corrected chi connectivity index (χ2v) is 16.3. The van der Waals surface area contributed by atoms with Crippen LogP contribution in [0.3, 0.4) is 0 Å². The van der Waals surface area contributed by atoms with Gasteiger partial charge in [0.05, 0.1) is 25.3 Å². The summed E-state index contributed by atoms with van der Waals surface area (Å²) in [7, 11) is 1.27. The highest BCUT2D eigenvalue weighted by Gasteiger charge is 2.39. The molecule has 392 valence electrons. The number of unbranched alkanes of at least 4 members (excludes halogenated alkanes) is 2. The molecule has 1 rings (SSSR count). The molecule has 28 nitrogen and oxygen atoms in total. The van der Waals surface area contributed by atoms with E-state index in [0.29, 0.717) is 38.6 Å². The van der Waals surface area contributed by atoms with Gasteiger partial charge in [-0.05, 0) is 90.8 Å². The van der Waals surface area contributed by atoms with E-state index >= 15 is 0 Å². The molecule has 0 unspecified atom stereocenters. The van der Waals surface area contributed by atoms with Crippen LogP contribution in [0.2, 0.25) is 0 Å². The van der Waals surface area contributed by atoms with Crippen LogP contribution in [0, 0.1) is 5.41 Å². The van der Waals surface area contributed by atoms with E-state index in [1.165, 1.54) is 25.0 Å². The summed E-state index contributed by atoms with van der Waals surface area (Å²) in [6, 6.07) is -8.80. The van der Waals surface area contributed by atoms with E-state index < -0.39 is 120 Å². The molecule has 1 aliphatic rings. The third kappa shape index (κ3) is 22.7. The van der Waals surface area contributed by atoms with Gasteiger partial charge in [0.2, 0.25) is 47.3 Å². The second kappa shape index (κ2) is 33.5. The van der Waals surface area contributed by atoms with Gasteiger partial charge in [-0.15, -0.1) is 0 Å². The van der Waals surface area contributed by atoms with Gasteiger partial charge in [-0.25, -0.2) is 4.79 Å². The van der Waals surface area contributed by atoms with Gasteiger partial charge in [-0.3, -0.25) is 43.8 Å². The van der Waals surface area contributed by atoms with Gasteiger partial charge in [0.15, 0.2) is 5.96 Å². The lowest BCUT2D eigenvalue weighted by atomic mass is 10.1. The van der Waals surface area contributed by atoms with E-state index in [1.54, 1.807) is 0 Å². The number of amides is 8. The number of carboxylic acid groups (broad SMARTS) is 1. The summed E-state index contributed by atoms with van der Waals surface area (Å²) < 4.78 is 5.19. The fraction of sp³-hybridized carbons (Fsp3) is 0.707. The highest BCUT2D eigenvalue weighted by atomic mass is 16.5. The Balaban J connectivity index is 3.06. The van der Waals surface area contributed by atoms with Crippen molar-refractivity contribution in [2.45, 2.75) is 126 Å². The zero-order valence-electron chi connectivity index (χ0n) is 39.5. The summed E-state index contributed by atoms with van der Waals surface area (Å²) in [6.07, 6.45) is 2.98. The predicted molar refractivity (Wildman–Crippen MR) is 250 cm³/mol. The molecular formula is C41H76N16O12. The number of carbonyl (C=O) groups excluding carboxylic acids is 8. The maximum Gasteiger partial charge on any atom is 0.352 e. The van der Waals surface area contributed by atoms with Crippen molar-refractivity contribution in [3.63, 3.8) is 0 Å². The standard InChI is InChI=1S/C41H76N16O12/c1-23(51-38(65)32(30(58)20-45)56-34(61)24(46)10-3-5-15-42)33(60)50-21-31(59)52-26(12-7-17-44)39(66)57-19-9-14-29(57)37(64)55-28(22-69-2)36(63)53-25(11-4-6-16-43)35(62)54-27(40(67)68)13-8-18-49-41(47)48/h13,23-26,28-30,32,58H,3-12,14-22,42-46H2,1-2H3,(H,50,60)(H,51,65)(H,52,59)(H,53,63)(H,54,62)(H,55,64)(H,56,61)(H,67,68)(H4,47,48,49)/b27-13-/t23-,24-,25-,26+,28-,29-,30-,32-/m0/s1. The number of aliphatic hydroxyl groups excluding tert-OH is 1. The third-order valence-corrected chi connectivity index (χ3v) is 10.7. The van der Waals surface area contributed by atoms with Gasteiger partial charge in [0.1, 0.15) is 41.9 Å². The third-order valence-electron chi connectivity index (χ3n) is 10.7. The Morgan fingerprint density at radius 2 is 1.41 bits per heavy atom. The summed E-state index contributed by atoms with van der Waals surface area (Å²) in [5.74, 6) is -8.19. The Bertz CT molecular complexity index is 1760. The van der Waals surface area contributed by atoms with Gasteiger partial charge < -0.3 is 96.8 Å². The van der Waals surface area contributed by atoms with Crippen molar-refractivity contribution in [1.82, 2.24) is 47.4 Å². The van der Waals surface area contributed by atoms with Crippen LogP contribution in [0.15, 0.2) is 11.8 Å². The number of nitrogens with two attached hydrogens (primary N) is 6. The van der Waals surface area contributed by atoms with Crippen molar-refractivity contribution in [3.8, 4) is 0 Å². The van der Waals surface area contributed by atoms with Gasteiger partial charge in [-0.2, -0.15) is 0 Å². The minimum atomic E-state index is -1.56. The van der Waals surface area contributed by atoms with E-state index in [9.17, 15) is 53.4 Å². The Labute approximate surface area is 401 Å². The summed E-state index contributed by atoms with van der Waals surface area (Å²) in [6.45, 7) is 0.901. The molecule has 0 spiro atoms. The molecule has 0 aromatic heterocycles. The molecule has 1 saturated heterocycles. The number of hydrogen-bond acceptors (Lipinski definition) is 17. The van der Waals surface area contributed by atoms with Crippen LogP contribution in [-0.2, 0) is 47.9 Å². The first-order valence-electron chi connectivity index (χ1n) is 22.9. The number of rotatable bonds is 34. The number of nitrogens with zero attached hydrogens (tertiary/aromatic N) is 1. The zero-order chi connectivity index (χ0) is 52.1. The molecule has 0 bridgehead atoms. The first-order valence-corrected chi connectivity index (χ1v) is 22.9. The summed E-state index contributed by atoms with van der Waals surface area (Å²) in [5.41, 5.74) is 33.0. The number of guanidine groups is 1. The van der Waals surface area contributed by atoms with E-state index in [4.69, 9.17) is 44.5 Å². The monoisotopic (exact) mass is 985 g/mol. The normalized spacial score (nSPS) is 16.6. The molecule has 8 atom stereocenters. The van der Waals surface area contributed by atoms with Crippen LogP contribution in [0.4, 0.5) is 0 Å². The molecule has 23 N–H and O–H groups in total. The number of nitrogens with one attached hydrogen (secondary N) is 9.